The summed E-state index contributed by atoms with van der Waals surface area (Å²) in [5.41, 5.74) is 4.14. The normalized spacial score (nSPS) is 11.4. The maximum absolute atomic E-state index is 11.9. The van der Waals surface area contributed by atoms with Crippen LogP contribution in [0.3, 0.4) is 0 Å². The van der Waals surface area contributed by atoms with Gasteiger partial charge in [-0.15, -0.1) is 11.3 Å². The van der Waals surface area contributed by atoms with Gasteiger partial charge >= 0.3 is 0 Å². The molecule has 2 aromatic rings. The summed E-state index contributed by atoms with van der Waals surface area (Å²) in [6, 6.07) is 5.77. The van der Waals surface area contributed by atoms with E-state index >= 15 is 0 Å². The minimum atomic E-state index is -0.173. The zero-order chi connectivity index (χ0) is 13.8. The number of nitrogens with zero attached hydrogens (tertiary/aromatic N) is 2. The van der Waals surface area contributed by atoms with Gasteiger partial charge in [-0.25, -0.2) is 5.43 Å². The third-order valence-electron chi connectivity index (χ3n) is 2.80. The van der Waals surface area contributed by atoms with Crippen molar-refractivity contribution in [2.24, 2.45) is 12.1 Å². The quantitative estimate of drug-likeness (QED) is 0.676. The molecule has 100 valence electrons. The van der Waals surface area contributed by atoms with Crippen molar-refractivity contribution in [2.75, 3.05) is 0 Å². The van der Waals surface area contributed by atoms with E-state index in [1.807, 2.05) is 41.4 Å². The fraction of sp³-hybridized carbons (Fsp3) is 0.286. The molecule has 0 unspecified atom stereocenters. The van der Waals surface area contributed by atoms with E-state index in [-0.39, 0.29) is 5.91 Å². The largest absolute Gasteiger partial charge is 0.350 e. The lowest BCUT2D eigenvalue weighted by atomic mass is 10.1. The van der Waals surface area contributed by atoms with Crippen molar-refractivity contribution in [2.45, 2.75) is 19.8 Å². The summed E-state index contributed by atoms with van der Waals surface area (Å²) >= 11 is 1.60. The molecule has 5 heteroatoms. The number of nitrogens with one attached hydrogen (secondary N) is 1. The number of carbonyl (C=O) groups excluding carboxylic acids is 1. The summed E-state index contributed by atoms with van der Waals surface area (Å²) in [5.74, 6) is 0.270. The van der Waals surface area contributed by atoms with Crippen molar-refractivity contribution in [3.05, 3.63) is 45.9 Å². The Kier molecular flexibility index (Phi) is 4.16. The molecule has 0 saturated heterocycles. The van der Waals surface area contributed by atoms with Crippen molar-refractivity contribution in [3.8, 4) is 0 Å². The van der Waals surface area contributed by atoms with Crippen molar-refractivity contribution in [1.29, 1.82) is 0 Å². The first-order valence-corrected chi connectivity index (χ1v) is 6.99. The van der Waals surface area contributed by atoms with Gasteiger partial charge in [-0.05, 0) is 24.1 Å². The van der Waals surface area contributed by atoms with Crippen LogP contribution >= 0.6 is 11.3 Å². The summed E-state index contributed by atoms with van der Waals surface area (Å²) in [7, 11) is 1.93. The molecule has 2 aromatic heterocycles. The molecule has 4 nitrogen and oxygen atoms in total. The molecule has 0 spiro atoms. The Morgan fingerprint density at radius 3 is 2.89 bits per heavy atom. The molecule has 0 atom stereocenters. The molecule has 2 heterocycles. The Labute approximate surface area is 116 Å². The highest BCUT2D eigenvalue weighted by Crippen LogP contribution is 2.22. The van der Waals surface area contributed by atoms with Gasteiger partial charge in [-0.1, -0.05) is 13.8 Å². The summed E-state index contributed by atoms with van der Waals surface area (Å²) in [6.07, 6.45) is 3.56. The SMILES string of the molecule is CC(C)c1cc(C(=O)NN=Cc2cccn2C)cs1. The Bertz CT molecular complexity index is 595. The first kappa shape index (κ1) is 13.5. The number of carbonyl (C=O) groups is 1. The van der Waals surface area contributed by atoms with E-state index in [2.05, 4.69) is 24.4 Å². The van der Waals surface area contributed by atoms with Gasteiger partial charge in [0.1, 0.15) is 0 Å². The van der Waals surface area contributed by atoms with E-state index in [0.717, 1.165) is 5.69 Å². The van der Waals surface area contributed by atoms with Crippen LogP contribution in [0.25, 0.3) is 0 Å². The second-order valence-corrected chi connectivity index (χ2v) is 5.58. The first-order valence-electron chi connectivity index (χ1n) is 6.11. The van der Waals surface area contributed by atoms with Gasteiger partial charge < -0.3 is 4.57 Å². The molecule has 19 heavy (non-hydrogen) atoms. The molecular weight excluding hydrogens is 258 g/mol. The zero-order valence-corrected chi connectivity index (χ0v) is 12.1. The van der Waals surface area contributed by atoms with Crippen LogP contribution in [0.2, 0.25) is 0 Å². The highest BCUT2D eigenvalue weighted by atomic mass is 32.1. The van der Waals surface area contributed by atoms with Crippen LogP contribution in [0.5, 0.6) is 0 Å². The van der Waals surface area contributed by atoms with Crippen LogP contribution < -0.4 is 5.43 Å². The number of hydrazone groups is 1. The van der Waals surface area contributed by atoms with Crippen molar-refractivity contribution in [1.82, 2.24) is 9.99 Å². The summed E-state index contributed by atoms with van der Waals surface area (Å²) in [4.78, 5) is 13.1. The minimum absolute atomic E-state index is 0.173. The highest BCUT2D eigenvalue weighted by Gasteiger charge is 2.09. The molecule has 0 aliphatic heterocycles. The molecule has 0 aromatic carbocycles. The molecule has 0 radical (unpaired) electrons. The van der Waals surface area contributed by atoms with Gasteiger partial charge in [0.05, 0.1) is 17.5 Å². The molecule has 0 fully saturated rings. The molecule has 1 N–H and O–H groups in total. The van der Waals surface area contributed by atoms with E-state index in [0.29, 0.717) is 11.5 Å². The number of rotatable bonds is 4. The lowest BCUT2D eigenvalue weighted by molar-refractivity contribution is 0.0955. The molecule has 0 bridgehead atoms. The van der Waals surface area contributed by atoms with Crippen molar-refractivity contribution < 1.29 is 4.79 Å². The Morgan fingerprint density at radius 1 is 1.53 bits per heavy atom. The zero-order valence-electron chi connectivity index (χ0n) is 11.3. The molecule has 0 aliphatic rings. The topological polar surface area (TPSA) is 46.4 Å². The number of aryl methyl sites for hydroxylation is 1. The van der Waals surface area contributed by atoms with Gasteiger partial charge in [-0.2, -0.15) is 5.10 Å². The maximum Gasteiger partial charge on any atom is 0.272 e. The molecular formula is C14H17N3OS. The number of amides is 1. The Hall–Kier alpha value is -1.88. The fourth-order valence-electron chi connectivity index (χ4n) is 1.60. The number of hydrogen-bond donors (Lipinski definition) is 1. The average molecular weight is 275 g/mol. The fourth-order valence-corrected chi connectivity index (χ4v) is 2.51. The van der Waals surface area contributed by atoms with Gasteiger partial charge in [0, 0.05) is 23.5 Å². The molecule has 1 amide bonds. The van der Waals surface area contributed by atoms with Crippen LogP contribution in [0.4, 0.5) is 0 Å². The van der Waals surface area contributed by atoms with E-state index in [4.69, 9.17) is 0 Å². The maximum atomic E-state index is 11.9. The third-order valence-corrected chi connectivity index (χ3v) is 4.03. The standard InChI is InChI=1S/C14H17N3OS/c1-10(2)13-7-11(9-19-13)14(18)16-15-8-12-5-4-6-17(12)3/h4-10H,1-3H3,(H,16,18). The average Bonchev–Trinajstić information content (AvgIpc) is 2.98. The predicted octanol–water partition coefficient (Wildman–Crippen LogP) is 2.97. The van der Waals surface area contributed by atoms with Crippen LogP contribution in [0.1, 0.15) is 40.7 Å². The van der Waals surface area contributed by atoms with Crippen LogP contribution in [0, 0.1) is 0 Å². The van der Waals surface area contributed by atoms with Crippen molar-refractivity contribution in [3.63, 3.8) is 0 Å². The second-order valence-electron chi connectivity index (χ2n) is 4.64. The van der Waals surface area contributed by atoms with Crippen molar-refractivity contribution >= 4 is 23.5 Å². The number of hydrogen-bond acceptors (Lipinski definition) is 3. The Balaban J connectivity index is 1.97. The third kappa shape index (κ3) is 3.32. The van der Waals surface area contributed by atoms with Crippen LogP contribution in [-0.2, 0) is 7.05 Å². The number of thiophene rings is 1. The van der Waals surface area contributed by atoms with Gasteiger partial charge in [0.2, 0.25) is 0 Å². The first-order chi connectivity index (χ1) is 9.08. The summed E-state index contributed by atoms with van der Waals surface area (Å²) in [6.45, 7) is 4.22. The molecule has 0 aliphatic carbocycles. The summed E-state index contributed by atoms with van der Waals surface area (Å²) in [5, 5.41) is 5.83. The Morgan fingerprint density at radius 2 is 2.32 bits per heavy atom. The summed E-state index contributed by atoms with van der Waals surface area (Å²) < 4.78 is 1.93. The van der Waals surface area contributed by atoms with Gasteiger partial charge in [0.25, 0.3) is 5.91 Å². The van der Waals surface area contributed by atoms with Crippen LogP contribution in [0.15, 0.2) is 34.9 Å². The smallest absolute Gasteiger partial charge is 0.272 e. The van der Waals surface area contributed by atoms with E-state index in [1.165, 1.54) is 4.88 Å². The molecule has 2 rings (SSSR count). The molecule has 0 saturated carbocycles. The number of aromatic nitrogens is 1. The second kappa shape index (κ2) is 5.84. The predicted molar refractivity (Wildman–Crippen MR) is 78.9 cm³/mol. The van der Waals surface area contributed by atoms with E-state index < -0.39 is 0 Å². The minimum Gasteiger partial charge on any atom is -0.350 e. The van der Waals surface area contributed by atoms with E-state index in [1.54, 1.807) is 17.6 Å². The van der Waals surface area contributed by atoms with Crippen LogP contribution in [-0.4, -0.2) is 16.7 Å². The lowest BCUT2D eigenvalue weighted by Crippen LogP contribution is -2.17. The highest BCUT2D eigenvalue weighted by molar-refractivity contribution is 7.10. The lowest BCUT2D eigenvalue weighted by Gasteiger charge is -1.98. The van der Waals surface area contributed by atoms with E-state index in [9.17, 15) is 4.79 Å². The monoisotopic (exact) mass is 275 g/mol. The van der Waals surface area contributed by atoms with Gasteiger partial charge in [0.15, 0.2) is 0 Å². The van der Waals surface area contributed by atoms with Gasteiger partial charge in [-0.3, -0.25) is 4.79 Å².